The number of nitrogens with one attached hydrogen (secondary N) is 1. The van der Waals surface area contributed by atoms with Gasteiger partial charge in [-0.25, -0.2) is 4.98 Å². The lowest BCUT2D eigenvalue weighted by atomic mass is 10.1. The first-order valence-electron chi connectivity index (χ1n) is 6.27. The maximum atomic E-state index is 11.8. The first kappa shape index (κ1) is 15.1. The van der Waals surface area contributed by atoms with Crippen LogP contribution in [0.25, 0.3) is 0 Å². The summed E-state index contributed by atoms with van der Waals surface area (Å²) in [5.41, 5.74) is -0.772. The second-order valence-corrected chi connectivity index (χ2v) is 4.32. The number of aromatic hydroxyl groups is 1. The van der Waals surface area contributed by atoms with Crippen LogP contribution in [-0.2, 0) is 0 Å². The molecule has 0 saturated carbocycles. The summed E-state index contributed by atoms with van der Waals surface area (Å²) >= 11 is 0. The van der Waals surface area contributed by atoms with Crippen LogP contribution in [0.1, 0.15) is 15.9 Å². The molecule has 1 aromatic heterocycles. The minimum Gasteiger partial charge on any atom is -0.867 e. The van der Waals surface area contributed by atoms with Crippen molar-refractivity contribution in [1.29, 1.82) is 0 Å². The molecule has 0 aliphatic carbocycles. The number of carbonyl (C=O) groups excluding carboxylic acids is 1. The standard InChI is InChI=1S/C12H9NO.C4H2O4/c14-12(10-4-2-1-3-5-10)11-6-8-13-9-7-11;5-1-2(6)4(8)3(1)7/h1-9H;5-6H. The smallest absolute Gasteiger partial charge is 0.266 e. The molecule has 2 N–H and O–H groups in total. The third kappa shape index (κ3) is 3.06. The summed E-state index contributed by atoms with van der Waals surface area (Å²) in [6.45, 7) is 0. The number of ketones is 1. The van der Waals surface area contributed by atoms with E-state index in [1.165, 1.54) is 0 Å². The summed E-state index contributed by atoms with van der Waals surface area (Å²) in [5, 5.41) is 18.1. The second kappa shape index (κ2) is 6.45. The topological polar surface area (TPSA) is 109 Å². The van der Waals surface area contributed by atoms with E-state index >= 15 is 0 Å². The van der Waals surface area contributed by atoms with Gasteiger partial charge in [0.05, 0.1) is 0 Å². The Labute approximate surface area is 124 Å². The highest BCUT2D eigenvalue weighted by Crippen LogP contribution is 2.09. The van der Waals surface area contributed by atoms with Gasteiger partial charge in [0, 0.05) is 23.3 Å². The number of carbonyl (C=O) groups is 1. The van der Waals surface area contributed by atoms with E-state index in [2.05, 4.69) is 4.98 Å². The van der Waals surface area contributed by atoms with E-state index in [1.807, 2.05) is 30.3 Å². The van der Waals surface area contributed by atoms with Crippen molar-refractivity contribution in [3.63, 3.8) is 0 Å². The van der Waals surface area contributed by atoms with Gasteiger partial charge in [-0.05, 0) is 5.75 Å². The van der Waals surface area contributed by atoms with Crippen molar-refractivity contribution < 1.29 is 20.0 Å². The molecule has 0 unspecified atom stereocenters. The van der Waals surface area contributed by atoms with E-state index in [0.717, 1.165) is 5.56 Å². The molecule has 22 heavy (non-hydrogen) atoms. The number of hydrogen-bond acceptors (Lipinski definition) is 5. The third-order valence-electron chi connectivity index (χ3n) is 2.86. The average molecular weight is 297 g/mol. The Morgan fingerprint density at radius 3 is 1.91 bits per heavy atom. The number of H-pyrrole nitrogens is 1. The number of benzene rings is 1. The molecule has 6 heteroatoms. The Balaban J connectivity index is 0.000000188. The molecule has 0 spiro atoms. The van der Waals surface area contributed by atoms with Gasteiger partial charge in [-0.3, -0.25) is 14.4 Å². The van der Waals surface area contributed by atoms with E-state index < -0.39 is 22.4 Å². The molecule has 3 aromatic rings. The maximum Gasteiger partial charge on any atom is 0.266 e. The lowest BCUT2D eigenvalue weighted by Crippen LogP contribution is -2.33. The van der Waals surface area contributed by atoms with Crippen LogP contribution >= 0.6 is 0 Å². The van der Waals surface area contributed by atoms with Gasteiger partial charge in [0.1, 0.15) is 0 Å². The van der Waals surface area contributed by atoms with Gasteiger partial charge in [0.15, 0.2) is 23.9 Å². The molecule has 0 aliphatic rings. The van der Waals surface area contributed by atoms with Crippen molar-refractivity contribution in [2.75, 3.05) is 0 Å². The highest BCUT2D eigenvalue weighted by Gasteiger charge is 2.09. The van der Waals surface area contributed by atoms with E-state index in [-0.39, 0.29) is 5.78 Å². The minimum absolute atomic E-state index is 0.0552. The predicted molar refractivity (Wildman–Crippen MR) is 75.3 cm³/mol. The van der Waals surface area contributed by atoms with Crippen molar-refractivity contribution in [3.8, 4) is 11.5 Å². The zero-order valence-corrected chi connectivity index (χ0v) is 11.3. The first-order valence-corrected chi connectivity index (χ1v) is 6.27. The monoisotopic (exact) mass is 297 g/mol. The van der Waals surface area contributed by atoms with Crippen molar-refractivity contribution >= 4 is 5.78 Å². The third-order valence-corrected chi connectivity index (χ3v) is 2.86. The molecule has 0 saturated heterocycles. The van der Waals surface area contributed by atoms with Crippen LogP contribution in [0.15, 0.2) is 64.4 Å². The van der Waals surface area contributed by atoms with Gasteiger partial charge in [0.25, 0.3) is 5.43 Å². The van der Waals surface area contributed by atoms with Gasteiger partial charge in [-0.1, -0.05) is 30.3 Å². The molecule has 2 aromatic carbocycles. The van der Waals surface area contributed by atoms with Crippen molar-refractivity contribution in [1.82, 2.24) is 0 Å². The SMILES string of the molecule is O=C(c1ccccc1)c1cc[nH+]cc1.O=c1c([O-])c(O)c1=O. The van der Waals surface area contributed by atoms with E-state index in [0.29, 0.717) is 5.56 Å². The molecule has 110 valence electrons. The molecule has 0 fully saturated rings. The van der Waals surface area contributed by atoms with Gasteiger partial charge in [-0.15, -0.1) is 0 Å². The number of rotatable bonds is 2. The molecule has 1 heterocycles. The van der Waals surface area contributed by atoms with Crippen LogP contribution in [0.2, 0.25) is 0 Å². The zero-order chi connectivity index (χ0) is 16.1. The Hall–Kier alpha value is -3.28. The fourth-order valence-corrected chi connectivity index (χ4v) is 1.65. The number of aromatic nitrogens is 1. The quantitative estimate of drug-likeness (QED) is 0.520. The number of pyridine rings is 1. The van der Waals surface area contributed by atoms with Crippen molar-refractivity contribution in [2.45, 2.75) is 0 Å². The molecule has 0 atom stereocenters. The summed E-state index contributed by atoms with van der Waals surface area (Å²) < 4.78 is 0. The average Bonchev–Trinajstić information content (AvgIpc) is 2.61. The summed E-state index contributed by atoms with van der Waals surface area (Å²) in [4.78, 5) is 34.5. The Morgan fingerprint density at radius 2 is 1.45 bits per heavy atom. The molecule has 0 amide bonds. The van der Waals surface area contributed by atoms with Crippen molar-refractivity contribution in [3.05, 3.63) is 86.4 Å². The molecule has 0 bridgehead atoms. The van der Waals surface area contributed by atoms with Crippen LogP contribution in [0.5, 0.6) is 11.5 Å². The highest BCUT2D eigenvalue weighted by atomic mass is 16.3. The molecule has 0 aliphatic heterocycles. The lowest BCUT2D eigenvalue weighted by Gasteiger charge is -2.05. The summed E-state index contributed by atoms with van der Waals surface area (Å²) in [7, 11) is 0. The Morgan fingerprint density at radius 1 is 0.909 bits per heavy atom. The molecule has 6 nitrogen and oxygen atoms in total. The van der Waals surface area contributed by atoms with E-state index in [1.54, 1.807) is 24.5 Å². The van der Waals surface area contributed by atoms with Gasteiger partial charge in [-0.2, -0.15) is 0 Å². The molecular formula is C16H11NO5. The fourth-order valence-electron chi connectivity index (χ4n) is 1.65. The lowest BCUT2D eigenvalue weighted by molar-refractivity contribution is -0.378. The van der Waals surface area contributed by atoms with Gasteiger partial charge < -0.3 is 10.2 Å². The fraction of sp³-hybridized carbons (Fsp3) is 0. The Kier molecular flexibility index (Phi) is 4.43. The minimum atomic E-state index is -1.12. The van der Waals surface area contributed by atoms with E-state index in [9.17, 15) is 19.5 Å². The molecular weight excluding hydrogens is 286 g/mol. The normalized spacial score (nSPS) is 9.82. The van der Waals surface area contributed by atoms with Gasteiger partial charge in [0.2, 0.25) is 5.43 Å². The van der Waals surface area contributed by atoms with Crippen LogP contribution < -0.4 is 20.9 Å². The summed E-state index contributed by atoms with van der Waals surface area (Å²) in [6.07, 6.45) is 3.49. The highest BCUT2D eigenvalue weighted by molar-refractivity contribution is 6.08. The molecule has 0 radical (unpaired) electrons. The number of aromatic amines is 1. The largest absolute Gasteiger partial charge is 0.867 e. The summed E-state index contributed by atoms with van der Waals surface area (Å²) in [6, 6.07) is 12.8. The van der Waals surface area contributed by atoms with Crippen LogP contribution in [0.4, 0.5) is 0 Å². The van der Waals surface area contributed by atoms with Crippen LogP contribution in [0.3, 0.4) is 0 Å². The second-order valence-electron chi connectivity index (χ2n) is 4.32. The predicted octanol–water partition coefficient (Wildman–Crippen LogP) is -0.207. The van der Waals surface area contributed by atoms with Crippen molar-refractivity contribution in [2.24, 2.45) is 0 Å². The number of hydrogen-bond donors (Lipinski definition) is 1. The Bertz CT molecular complexity index is 778. The summed E-state index contributed by atoms with van der Waals surface area (Å²) in [5.74, 6) is -1.95. The van der Waals surface area contributed by atoms with E-state index in [4.69, 9.17) is 5.11 Å². The van der Waals surface area contributed by atoms with Crippen LogP contribution in [-0.4, -0.2) is 10.9 Å². The maximum absolute atomic E-state index is 11.8. The van der Waals surface area contributed by atoms with Crippen LogP contribution in [0, 0.1) is 0 Å². The zero-order valence-electron chi connectivity index (χ0n) is 11.3. The molecule has 3 rings (SSSR count). The first-order chi connectivity index (χ1) is 10.5. The van der Waals surface area contributed by atoms with Gasteiger partial charge >= 0.3 is 0 Å².